The van der Waals surface area contributed by atoms with E-state index in [2.05, 4.69) is 34.7 Å². The second kappa shape index (κ2) is 9.21. The fraction of sp³-hybridized carbons (Fsp3) is 0.318. The second-order valence-corrected chi connectivity index (χ2v) is 8.51. The molecular formula is C22H23BrClFN2O. The summed E-state index contributed by atoms with van der Waals surface area (Å²) < 4.78 is 13.9. The number of hydrogen-bond acceptors (Lipinski definition) is 2. The van der Waals surface area contributed by atoms with E-state index in [1.54, 1.807) is 12.1 Å². The van der Waals surface area contributed by atoms with E-state index in [1.807, 2.05) is 35.2 Å². The molecule has 0 saturated carbocycles. The number of carbonyl (C=O) groups is 1. The molecule has 0 aliphatic carbocycles. The molecule has 1 heterocycles. The Kier molecular flexibility index (Phi) is 6.91. The molecule has 2 atom stereocenters. The van der Waals surface area contributed by atoms with Crippen LogP contribution in [0.1, 0.15) is 25.0 Å². The highest BCUT2D eigenvalue weighted by Crippen LogP contribution is 2.24. The Hall–Kier alpha value is -1.69. The van der Waals surface area contributed by atoms with E-state index in [1.165, 1.54) is 12.1 Å². The Morgan fingerprint density at radius 1 is 1.18 bits per heavy atom. The van der Waals surface area contributed by atoms with Gasteiger partial charge in [0.2, 0.25) is 5.91 Å². The van der Waals surface area contributed by atoms with Crippen molar-refractivity contribution in [3.8, 4) is 0 Å². The van der Waals surface area contributed by atoms with Crippen LogP contribution in [-0.2, 0) is 11.3 Å². The maximum absolute atomic E-state index is 13.1. The molecule has 0 spiro atoms. The lowest BCUT2D eigenvalue weighted by Gasteiger charge is -2.44. The van der Waals surface area contributed by atoms with Crippen LogP contribution in [0.4, 0.5) is 4.39 Å². The number of nitrogens with zero attached hydrogens (tertiary/aromatic N) is 2. The van der Waals surface area contributed by atoms with E-state index in [9.17, 15) is 9.18 Å². The average molecular weight is 466 g/mol. The Labute approximate surface area is 178 Å². The molecule has 0 radical (unpaired) electrons. The van der Waals surface area contributed by atoms with Crippen molar-refractivity contribution in [3.05, 3.63) is 75.0 Å². The Morgan fingerprint density at radius 2 is 1.89 bits per heavy atom. The summed E-state index contributed by atoms with van der Waals surface area (Å²) in [5.74, 6) is -0.216. The molecule has 148 valence electrons. The van der Waals surface area contributed by atoms with Gasteiger partial charge in [0.25, 0.3) is 0 Å². The molecule has 0 aromatic heterocycles. The SMILES string of the molecule is CC1CN(C(=O)/C=C/c2ccc(Cl)c(Br)c2)C(C)CN1Cc1ccc(F)cc1. The Bertz CT molecular complexity index is 871. The Morgan fingerprint density at radius 3 is 2.57 bits per heavy atom. The molecule has 2 unspecified atom stereocenters. The smallest absolute Gasteiger partial charge is 0.246 e. The molecule has 1 saturated heterocycles. The van der Waals surface area contributed by atoms with E-state index in [0.29, 0.717) is 11.6 Å². The van der Waals surface area contributed by atoms with E-state index in [4.69, 9.17) is 11.6 Å². The molecule has 1 aliphatic rings. The summed E-state index contributed by atoms with van der Waals surface area (Å²) in [7, 11) is 0. The van der Waals surface area contributed by atoms with Crippen LogP contribution in [0.3, 0.4) is 0 Å². The third-order valence-corrected chi connectivity index (χ3v) is 6.27. The minimum absolute atomic E-state index is 0.00635. The quantitative estimate of drug-likeness (QED) is 0.566. The van der Waals surface area contributed by atoms with Crippen LogP contribution >= 0.6 is 27.5 Å². The largest absolute Gasteiger partial charge is 0.334 e. The van der Waals surface area contributed by atoms with Gasteiger partial charge in [-0.2, -0.15) is 0 Å². The van der Waals surface area contributed by atoms with Gasteiger partial charge in [0.1, 0.15) is 5.82 Å². The van der Waals surface area contributed by atoms with Gasteiger partial charge in [-0.05, 0) is 71.2 Å². The first-order valence-electron chi connectivity index (χ1n) is 9.25. The molecule has 3 nitrogen and oxygen atoms in total. The number of benzene rings is 2. The highest BCUT2D eigenvalue weighted by molar-refractivity contribution is 9.10. The van der Waals surface area contributed by atoms with Crippen molar-refractivity contribution in [2.24, 2.45) is 0 Å². The van der Waals surface area contributed by atoms with Crippen molar-refractivity contribution in [2.75, 3.05) is 13.1 Å². The maximum atomic E-state index is 13.1. The minimum atomic E-state index is -0.222. The average Bonchev–Trinajstić information content (AvgIpc) is 2.67. The van der Waals surface area contributed by atoms with Crippen LogP contribution in [-0.4, -0.2) is 40.9 Å². The van der Waals surface area contributed by atoms with Crippen LogP contribution < -0.4 is 0 Å². The fourth-order valence-electron chi connectivity index (χ4n) is 3.43. The zero-order chi connectivity index (χ0) is 20.3. The third kappa shape index (κ3) is 5.22. The first-order chi connectivity index (χ1) is 13.3. The standard InChI is InChI=1S/C22H23BrClFN2O/c1-15-13-27(22(28)10-6-17-5-9-21(24)20(23)11-17)16(2)12-26(15)14-18-3-7-19(25)8-4-18/h3-11,15-16H,12-14H2,1-2H3/b10-6+. The molecule has 0 bridgehead atoms. The van der Waals surface area contributed by atoms with E-state index in [-0.39, 0.29) is 23.8 Å². The van der Waals surface area contributed by atoms with Crippen LogP contribution in [0.2, 0.25) is 5.02 Å². The molecule has 6 heteroatoms. The lowest BCUT2D eigenvalue weighted by atomic mass is 10.1. The van der Waals surface area contributed by atoms with Gasteiger partial charge in [0, 0.05) is 42.3 Å². The predicted octanol–water partition coefficient (Wildman–Crippen LogP) is 5.38. The normalized spacial score (nSPS) is 20.7. The number of hydrogen-bond donors (Lipinski definition) is 0. The zero-order valence-electron chi connectivity index (χ0n) is 15.9. The molecule has 28 heavy (non-hydrogen) atoms. The summed E-state index contributed by atoms with van der Waals surface area (Å²) in [6.07, 6.45) is 3.43. The van der Waals surface area contributed by atoms with Crippen molar-refractivity contribution in [1.82, 2.24) is 9.80 Å². The van der Waals surface area contributed by atoms with Crippen LogP contribution in [0, 0.1) is 5.82 Å². The number of piperazine rings is 1. The molecule has 0 N–H and O–H groups in total. The second-order valence-electron chi connectivity index (χ2n) is 7.25. The lowest BCUT2D eigenvalue weighted by molar-refractivity contribution is -0.131. The predicted molar refractivity (Wildman–Crippen MR) is 116 cm³/mol. The van der Waals surface area contributed by atoms with Crippen molar-refractivity contribution in [3.63, 3.8) is 0 Å². The molecule has 2 aromatic rings. The number of amides is 1. The fourth-order valence-corrected chi connectivity index (χ4v) is 3.94. The van der Waals surface area contributed by atoms with Gasteiger partial charge in [0.05, 0.1) is 5.02 Å². The molecule has 3 rings (SSSR count). The minimum Gasteiger partial charge on any atom is -0.334 e. The molecule has 2 aromatic carbocycles. The van der Waals surface area contributed by atoms with Gasteiger partial charge in [-0.15, -0.1) is 0 Å². The Balaban J connectivity index is 1.62. The molecule has 1 amide bonds. The van der Waals surface area contributed by atoms with Crippen LogP contribution in [0.25, 0.3) is 6.08 Å². The third-order valence-electron chi connectivity index (χ3n) is 5.06. The molecule has 1 aliphatic heterocycles. The number of carbonyl (C=O) groups excluding carboxylic acids is 1. The van der Waals surface area contributed by atoms with Gasteiger partial charge in [-0.25, -0.2) is 4.39 Å². The van der Waals surface area contributed by atoms with Crippen molar-refractivity contribution in [2.45, 2.75) is 32.5 Å². The van der Waals surface area contributed by atoms with Gasteiger partial charge >= 0.3 is 0 Å². The van der Waals surface area contributed by atoms with Crippen LogP contribution in [0.5, 0.6) is 0 Å². The van der Waals surface area contributed by atoms with Crippen LogP contribution in [0.15, 0.2) is 53.0 Å². The number of rotatable bonds is 4. The first-order valence-corrected chi connectivity index (χ1v) is 10.4. The molecular weight excluding hydrogens is 443 g/mol. The zero-order valence-corrected chi connectivity index (χ0v) is 18.3. The summed E-state index contributed by atoms with van der Waals surface area (Å²) in [5.41, 5.74) is 1.99. The van der Waals surface area contributed by atoms with Gasteiger partial charge in [-0.3, -0.25) is 9.69 Å². The highest BCUT2D eigenvalue weighted by atomic mass is 79.9. The van der Waals surface area contributed by atoms with Crippen molar-refractivity contribution in [1.29, 1.82) is 0 Å². The number of halogens is 3. The van der Waals surface area contributed by atoms with Gasteiger partial charge < -0.3 is 4.90 Å². The summed E-state index contributed by atoms with van der Waals surface area (Å²) in [4.78, 5) is 17.0. The van der Waals surface area contributed by atoms with E-state index in [0.717, 1.165) is 28.7 Å². The monoisotopic (exact) mass is 464 g/mol. The van der Waals surface area contributed by atoms with Crippen molar-refractivity contribution >= 4 is 39.5 Å². The summed E-state index contributed by atoms with van der Waals surface area (Å²) in [5, 5.41) is 0.642. The van der Waals surface area contributed by atoms with E-state index >= 15 is 0 Å². The van der Waals surface area contributed by atoms with Crippen molar-refractivity contribution < 1.29 is 9.18 Å². The maximum Gasteiger partial charge on any atom is 0.246 e. The summed E-state index contributed by atoms with van der Waals surface area (Å²) in [6, 6.07) is 12.5. The van der Waals surface area contributed by atoms with Gasteiger partial charge in [-0.1, -0.05) is 29.8 Å². The first kappa shape index (κ1) is 21.0. The topological polar surface area (TPSA) is 23.6 Å². The molecule has 1 fully saturated rings. The summed E-state index contributed by atoms with van der Waals surface area (Å²) in [6.45, 7) is 6.38. The van der Waals surface area contributed by atoms with Gasteiger partial charge in [0.15, 0.2) is 0 Å². The van der Waals surface area contributed by atoms with E-state index < -0.39 is 0 Å². The highest BCUT2D eigenvalue weighted by Gasteiger charge is 2.30. The summed E-state index contributed by atoms with van der Waals surface area (Å²) >= 11 is 9.41. The lowest BCUT2D eigenvalue weighted by Crippen LogP contribution is -2.57.